The van der Waals surface area contributed by atoms with Gasteiger partial charge in [0.15, 0.2) is 17.5 Å². The molecule has 0 unspecified atom stereocenters. The highest BCUT2D eigenvalue weighted by molar-refractivity contribution is 7.93. The van der Waals surface area contributed by atoms with Crippen LogP contribution < -0.4 is 10.0 Å². The number of thiophene rings is 1. The van der Waals surface area contributed by atoms with Gasteiger partial charge in [-0.05, 0) is 18.5 Å². The fraction of sp³-hybridized carbons (Fsp3) is 0.167. The van der Waals surface area contributed by atoms with E-state index in [1.54, 1.807) is 12.4 Å². The molecule has 2 N–H and O–H groups in total. The van der Waals surface area contributed by atoms with Gasteiger partial charge in [-0.2, -0.15) is 0 Å². The first-order valence-electron chi connectivity index (χ1n) is 5.73. The number of hydrogen-bond donors (Lipinski definition) is 2. The lowest BCUT2D eigenvalue weighted by atomic mass is 10.3. The van der Waals surface area contributed by atoms with Gasteiger partial charge in [-0.25, -0.2) is 21.6 Å². The molecule has 21 heavy (non-hydrogen) atoms. The highest BCUT2D eigenvalue weighted by atomic mass is 32.2. The molecule has 0 fully saturated rings. The van der Waals surface area contributed by atoms with Gasteiger partial charge in [0.2, 0.25) is 0 Å². The Labute approximate surface area is 123 Å². The number of anilines is 1. The fourth-order valence-electron chi connectivity index (χ4n) is 1.68. The van der Waals surface area contributed by atoms with E-state index in [1.807, 2.05) is 4.72 Å². The van der Waals surface area contributed by atoms with Crippen molar-refractivity contribution < 1.29 is 21.6 Å². The minimum absolute atomic E-state index is 0.00647. The molecular weight excluding hydrogens is 325 g/mol. The maximum atomic E-state index is 13.1. The zero-order valence-electron chi connectivity index (χ0n) is 10.8. The van der Waals surface area contributed by atoms with Crippen LogP contribution in [0.1, 0.15) is 4.88 Å². The summed E-state index contributed by atoms with van der Waals surface area (Å²) in [6.45, 7) is 0.333. The van der Waals surface area contributed by atoms with Gasteiger partial charge < -0.3 is 5.32 Å². The summed E-state index contributed by atoms with van der Waals surface area (Å²) in [4.78, 5) is 0.556. The number of benzene rings is 1. The van der Waals surface area contributed by atoms with Crippen molar-refractivity contribution in [3.63, 3.8) is 0 Å². The van der Waals surface area contributed by atoms with Crippen LogP contribution in [0.3, 0.4) is 0 Å². The van der Waals surface area contributed by atoms with Crippen molar-refractivity contribution in [1.29, 1.82) is 0 Å². The van der Waals surface area contributed by atoms with E-state index in [-0.39, 0.29) is 10.6 Å². The molecule has 0 radical (unpaired) electrons. The normalized spacial score (nSPS) is 11.6. The maximum absolute atomic E-state index is 13.1. The summed E-state index contributed by atoms with van der Waals surface area (Å²) in [5, 5.41) is 4.41. The van der Waals surface area contributed by atoms with E-state index in [1.165, 1.54) is 17.4 Å². The molecule has 2 aromatic rings. The molecule has 9 heteroatoms. The topological polar surface area (TPSA) is 58.2 Å². The van der Waals surface area contributed by atoms with Crippen molar-refractivity contribution in [2.24, 2.45) is 0 Å². The summed E-state index contributed by atoms with van der Waals surface area (Å²) in [6, 6.07) is 2.55. The van der Waals surface area contributed by atoms with Crippen molar-refractivity contribution in [3.05, 3.63) is 45.9 Å². The summed E-state index contributed by atoms with van der Waals surface area (Å²) in [5.74, 6) is -4.58. The predicted octanol–water partition coefficient (Wildman–Crippen LogP) is 2.69. The first-order valence-corrected chi connectivity index (χ1v) is 8.09. The van der Waals surface area contributed by atoms with E-state index in [0.29, 0.717) is 23.6 Å². The molecule has 0 aliphatic heterocycles. The highest BCUT2D eigenvalue weighted by Gasteiger charge is 2.21. The van der Waals surface area contributed by atoms with E-state index in [2.05, 4.69) is 5.32 Å². The number of rotatable bonds is 5. The van der Waals surface area contributed by atoms with Crippen LogP contribution in [0, 0.1) is 17.5 Å². The van der Waals surface area contributed by atoms with Gasteiger partial charge in [0, 0.05) is 23.6 Å². The van der Waals surface area contributed by atoms with Crippen LogP contribution in [0.15, 0.2) is 28.5 Å². The van der Waals surface area contributed by atoms with Crippen LogP contribution in [-0.4, -0.2) is 15.5 Å². The maximum Gasteiger partial charge on any atom is 0.263 e. The van der Waals surface area contributed by atoms with Gasteiger partial charge in [0.05, 0.1) is 5.69 Å². The van der Waals surface area contributed by atoms with Crippen LogP contribution in [0.5, 0.6) is 0 Å². The predicted molar refractivity (Wildman–Crippen MR) is 74.2 cm³/mol. The lowest BCUT2D eigenvalue weighted by Crippen LogP contribution is -2.16. The highest BCUT2D eigenvalue weighted by Crippen LogP contribution is 2.25. The Morgan fingerprint density at radius 3 is 2.38 bits per heavy atom. The molecule has 1 aromatic heterocycles. The SMILES string of the molecule is CNCc1sccc1S(=O)(=O)Nc1cc(F)c(F)c(F)c1. The number of hydrogen-bond acceptors (Lipinski definition) is 4. The minimum atomic E-state index is -4.00. The largest absolute Gasteiger partial charge is 0.315 e. The van der Waals surface area contributed by atoms with E-state index in [4.69, 9.17) is 0 Å². The molecule has 0 amide bonds. The van der Waals surface area contributed by atoms with Crippen molar-refractivity contribution >= 4 is 27.0 Å². The number of halogens is 3. The van der Waals surface area contributed by atoms with Gasteiger partial charge in [-0.1, -0.05) is 0 Å². The monoisotopic (exact) mass is 336 g/mol. The van der Waals surface area contributed by atoms with E-state index in [9.17, 15) is 21.6 Å². The zero-order chi connectivity index (χ0) is 15.6. The van der Waals surface area contributed by atoms with Crippen LogP contribution in [0.25, 0.3) is 0 Å². The molecule has 4 nitrogen and oxygen atoms in total. The quantitative estimate of drug-likeness (QED) is 0.826. The molecule has 0 bridgehead atoms. The van der Waals surface area contributed by atoms with E-state index in [0.717, 1.165) is 0 Å². The fourth-order valence-corrected chi connectivity index (χ4v) is 4.18. The van der Waals surface area contributed by atoms with Gasteiger partial charge in [0.1, 0.15) is 4.90 Å². The molecule has 0 aliphatic rings. The molecule has 0 aliphatic carbocycles. The Bertz CT molecular complexity index is 737. The van der Waals surface area contributed by atoms with E-state index >= 15 is 0 Å². The van der Waals surface area contributed by atoms with Gasteiger partial charge in [-0.3, -0.25) is 4.72 Å². The first-order chi connectivity index (χ1) is 9.85. The van der Waals surface area contributed by atoms with Gasteiger partial charge >= 0.3 is 0 Å². The molecule has 1 heterocycles. The first kappa shape index (κ1) is 15.8. The Morgan fingerprint density at radius 2 is 1.81 bits per heavy atom. The summed E-state index contributed by atoms with van der Waals surface area (Å²) in [6.07, 6.45) is 0. The second-order valence-electron chi connectivity index (χ2n) is 4.10. The number of sulfonamides is 1. The molecular formula is C12H11F3N2O2S2. The van der Waals surface area contributed by atoms with Crippen LogP contribution in [0.2, 0.25) is 0 Å². The average Bonchev–Trinajstić information content (AvgIpc) is 2.85. The minimum Gasteiger partial charge on any atom is -0.315 e. The smallest absolute Gasteiger partial charge is 0.263 e. The average molecular weight is 336 g/mol. The number of nitrogens with one attached hydrogen (secondary N) is 2. The standard InChI is InChI=1S/C12H11F3N2O2S2/c1-16-6-10-11(2-3-20-10)21(18,19)17-7-4-8(13)12(15)9(14)5-7/h2-5,16-17H,6H2,1H3. The Balaban J connectivity index is 2.35. The van der Waals surface area contributed by atoms with E-state index < -0.39 is 27.5 Å². The molecule has 0 spiro atoms. The third-order valence-corrected chi connectivity index (χ3v) is 5.08. The zero-order valence-corrected chi connectivity index (χ0v) is 12.4. The lowest BCUT2D eigenvalue weighted by Gasteiger charge is -2.09. The summed E-state index contributed by atoms with van der Waals surface area (Å²) in [7, 11) is -2.34. The second-order valence-corrected chi connectivity index (χ2v) is 6.75. The van der Waals surface area contributed by atoms with Crippen molar-refractivity contribution in [2.75, 3.05) is 11.8 Å². The third kappa shape index (κ3) is 3.36. The van der Waals surface area contributed by atoms with Crippen LogP contribution in [0.4, 0.5) is 18.9 Å². The van der Waals surface area contributed by atoms with Gasteiger partial charge in [-0.15, -0.1) is 11.3 Å². The molecule has 0 saturated carbocycles. The lowest BCUT2D eigenvalue weighted by molar-refractivity contribution is 0.448. The summed E-state index contributed by atoms with van der Waals surface area (Å²) in [5.41, 5.74) is -0.381. The van der Waals surface area contributed by atoms with Crippen molar-refractivity contribution in [3.8, 4) is 0 Å². The van der Waals surface area contributed by atoms with Crippen LogP contribution in [-0.2, 0) is 16.6 Å². The van der Waals surface area contributed by atoms with Gasteiger partial charge in [0.25, 0.3) is 10.0 Å². The Hall–Kier alpha value is -1.58. The molecule has 2 rings (SSSR count). The third-order valence-electron chi connectivity index (χ3n) is 2.57. The molecule has 1 aromatic carbocycles. The van der Waals surface area contributed by atoms with Crippen molar-refractivity contribution in [2.45, 2.75) is 11.4 Å². The summed E-state index contributed by atoms with van der Waals surface area (Å²) >= 11 is 1.23. The Kier molecular flexibility index (Phi) is 4.55. The Morgan fingerprint density at radius 1 is 1.19 bits per heavy atom. The second kappa shape index (κ2) is 6.04. The molecule has 0 saturated heterocycles. The summed E-state index contributed by atoms with van der Waals surface area (Å²) < 4.78 is 65.5. The van der Waals surface area contributed by atoms with Crippen LogP contribution >= 0.6 is 11.3 Å². The molecule has 0 atom stereocenters. The molecule has 114 valence electrons. The van der Waals surface area contributed by atoms with Crippen molar-refractivity contribution in [1.82, 2.24) is 5.32 Å².